The van der Waals surface area contributed by atoms with Gasteiger partial charge in [0, 0.05) is 6.54 Å². The van der Waals surface area contributed by atoms with Crippen LogP contribution >= 0.6 is 23.2 Å². The summed E-state index contributed by atoms with van der Waals surface area (Å²) in [6.45, 7) is 0.756. The van der Waals surface area contributed by atoms with Gasteiger partial charge < -0.3 is 4.74 Å². The molecule has 0 saturated heterocycles. The zero-order valence-electron chi connectivity index (χ0n) is 13.8. The Morgan fingerprint density at radius 2 is 1.52 bits per heavy atom. The van der Waals surface area contributed by atoms with Gasteiger partial charge in [-0.3, -0.25) is 19.4 Å². The maximum absolute atomic E-state index is 12.5. The maximum atomic E-state index is 12.5. The van der Waals surface area contributed by atoms with Crippen molar-refractivity contribution in [3.05, 3.63) is 63.1 Å². The summed E-state index contributed by atoms with van der Waals surface area (Å²) in [4.78, 5) is 28.1. The molecule has 0 aromatic heterocycles. The Morgan fingerprint density at radius 3 is 2.00 bits per heavy atom. The first-order valence-corrected chi connectivity index (χ1v) is 8.33. The summed E-state index contributed by atoms with van der Waals surface area (Å²) in [5.74, 6) is 0.0563. The van der Waals surface area contributed by atoms with E-state index in [0.717, 1.165) is 11.3 Å². The number of hydrogen-bond acceptors (Lipinski definition) is 4. The van der Waals surface area contributed by atoms with Gasteiger partial charge in [-0.25, -0.2) is 0 Å². The zero-order chi connectivity index (χ0) is 18.1. The molecule has 0 unspecified atom stereocenters. The number of rotatable bonds is 5. The Kier molecular flexibility index (Phi) is 4.99. The fraction of sp³-hybridized carbons (Fsp3) is 0.222. The highest BCUT2D eigenvalue weighted by Crippen LogP contribution is 2.31. The normalized spacial score (nSPS) is 13.6. The molecule has 1 heterocycles. The van der Waals surface area contributed by atoms with E-state index in [9.17, 15) is 9.59 Å². The maximum Gasteiger partial charge on any atom is 0.262 e. The number of nitrogens with zero attached hydrogens (tertiary/aromatic N) is 2. The first kappa shape index (κ1) is 17.7. The van der Waals surface area contributed by atoms with Crippen LogP contribution in [-0.2, 0) is 6.54 Å². The number of methoxy groups -OCH3 is 1. The van der Waals surface area contributed by atoms with Gasteiger partial charge >= 0.3 is 0 Å². The lowest BCUT2D eigenvalue weighted by atomic mass is 10.1. The molecule has 3 rings (SSSR count). The van der Waals surface area contributed by atoms with Crippen LogP contribution in [0.15, 0.2) is 36.4 Å². The summed E-state index contributed by atoms with van der Waals surface area (Å²) in [5, 5.41) is 0.519. The number of hydrogen-bond donors (Lipinski definition) is 0. The van der Waals surface area contributed by atoms with Gasteiger partial charge in [0.1, 0.15) is 5.75 Å². The van der Waals surface area contributed by atoms with Crippen LogP contribution in [0.1, 0.15) is 26.3 Å². The molecule has 130 valence electrons. The Bertz CT molecular complexity index is 796. The molecular weight excluding hydrogens is 363 g/mol. The van der Waals surface area contributed by atoms with Crippen LogP contribution in [-0.4, -0.2) is 42.4 Å². The fourth-order valence-electron chi connectivity index (χ4n) is 2.75. The minimum Gasteiger partial charge on any atom is -0.497 e. The summed E-state index contributed by atoms with van der Waals surface area (Å²) in [6.07, 6.45) is 0. The molecular formula is C18H16Cl2N2O3. The van der Waals surface area contributed by atoms with Crippen molar-refractivity contribution < 1.29 is 14.3 Å². The second kappa shape index (κ2) is 7.04. The van der Waals surface area contributed by atoms with Gasteiger partial charge in [0.15, 0.2) is 0 Å². The van der Waals surface area contributed by atoms with E-state index in [0.29, 0.717) is 6.54 Å². The Morgan fingerprint density at radius 1 is 1.00 bits per heavy atom. The number of benzene rings is 2. The van der Waals surface area contributed by atoms with E-state index >= 15 is 0 Å². The molecule has 0 saturated carbocycles. The molecule has 0 fully saturated rings. The van der Waals surface area contributed by atoms with Crippen molar-refractivity contribution in [1.29, 1.82) is 0 Å². The van der Waals surface area contributed by atoms with Crippen LogP contribution < -0.4 is 4.74 Å². The lowest BCUT2D eigenvalue weighted by Crippen LogP contribution is -2.39. The van der Waals surface area contributed by atoms with Crippen LogP contribution in [0.2, 0.25) is 10.0 Å². The molecule has 2 amide bonds. The van der Waals surface area contributed by atoms with Crippen molar-refractivity contribution in [3.63, 3.8) is 0 Å². The smallest absolute Gasteiger partial charge is 0.262 e. The third-order valence-corrected chi connectivity index (χ3v) is 4.73. The standard InChI is InChI=1S/C18H16Cl2N2O3/c1-21(9-11-3-5-12(25-2)6-4-11)10-22-17(23)13-7-15(19)16(20)8-14(13)18(22)24/h3-8H,9-10H2,1-2H3. The summed E-state index contributed by atoms with van der Waals surface area (Å²) in [5.41, 5.74) is 1.63. The zero-order valence-corrected chi connectivity index (χ0v) is 15.3. The SMILES string of the molecule is COc1ccc(CN(C)CN2C(=O)c3cc(Cl)c(Cl)cc3C2=O)cc1. The third kappa shape index (κ3) is 3.49. The second-order valence-electron chi connectivity index (χ2n) is 5.85. The first-order chi connectivity index (χ1) is 11.9. The monoisotopic (exact) mass is 378 g/mol. The molecule has 0 radical (unpaired) electrons. The van der Waals surface area contributed by atoms with Crippen molar-refractivity contribution in [1.82, 2.24) is 9.80 Å². The molecule has 0 aliphatic carbocycles. The lowest BCUT2D eigenvalue weighted by Gasteiger charge is -2.22. The summed E-state index contributed by atoms with van der Waals surface area (Å²) < 4.78 is 5.13. The molecule has 7 heteroatoms. The molecule has 0 atom stereocenters. The van der Waals surface area contributed by atoms with Gasteiger partial charge in [-0.15, -0.1) is 0 Å². The second-order valence-corrected chi connectivity index (χ2v) is 6.67. The minimum atomic E-state index is -0.361. The van der Waals surface area contributed by atoms with Gasteiger partial charge in [-0.05, 0) is 36.9 Å². The summed E-state index contributed by atoms with van der Waals surface area (Å²) in [7, 11) is 3.45. The number of fused-ring (bicyclic) bond motifs is 1. The Hall–Kier alpha value is -2.08. The van der Waals surface area contributed by atoms with Crippen molar-refractivity contribution in [2.45, 2.75) is 6.54 Å². The van der Waals surface area contributed by atoms with E-state index < -0.39 is 0 Å². The number of carbonyl (C=O) groups excluding carboxylic acids is 2. The van der Waals surface area contributed by atoms with Crippen LogP contribution in [0, 0.1) is 0 Å². The number of ether oxygens (including phenoxy) is 1. The molecule has 0 N–H and O–H groups in total. The average Bonchev–Trinajstić information content (AvgIpc) is 2.81. The summed E-state index contributed by atoms with van der Waals surface area (Å²) >= 11 is 11.9. The van der Waals surface area contributed by atoms with E-state index in [-0.39, 0.29) is 39.7 Å². The number of halogens is 2. The lowest BCUT2D eigenvalue weighted by molar-refractivity contribution is 0.0559. The van der Waals surface area contributed by atoms with Gasteiger partial charge in [0.05, 0.1) is 35.0 Å². The van der Waals surface area contributed by atoms with Gasteiger partial charge in [0.25, 0.3) is 11.8 Å². The van der Waals surface area contributed by atoms with E-state index in [4.69, 9.17) is 27.9 Å². The highest BCUT2D eigenvalue weighted by molar-refractivity contribution is 6.43. The van der Waals surface area contributed by atoms with Crippen LogP contribution in [0.25, 0.3) is 0 Å². The molecule has 2 aromatic rings. The van der Waals surface area contributed by atoms with Crippen molar-refractivity contribution in [2.75, 3.05) is 20.8 Å². The largest absolute Gasteiger partial charge is 0.497 e. The molecule has 1 aliphatic heterocycles. The quantitative estimate of drug-likeness (QED) is 0.744. The highest BCUT2D eigenvalue weighted by atomic mass is 35.5. The van der Waals surface area contributed by atoms with E-state index in [1.807, 2.05) is 36.2 Å². The van der Waals surface area contributed by atoms with E-state index in [1.54, 1.807) is 7.11 Å². The van der Waals surface area contributed by atoms with E-state index in [1.165, 1.54) is 17.0 Å². The average molecular weight is 379 g/mol. The topological polar surface area (TPSA) is 49.9 Å². The van der Waals surface area contributed by atoms with Crippen molar-refractivity contribution in [3.8, 4) is 5.75 Å². The van der Waals surface area contributed by atoms with Gasteiger partial charge in [0.2, 0.25) is 0 Å². The molecule has 1 aliphatic rings. The summed E-state index contributed by atoms with van der Waals surface area (Å²) in [6, 6.07) is 10.5. The fourth-order valence-corrected chi connectivity index (χ4v) is 3.07. The number of amides is 2. The predicted octanol–water partition coefficient (Wildman–Crippen LogP) is 3.69. The van der Waals surface area contributed by atoms with Crippen LogP contribution in [0.3, 0.4) is 0 Å². The molecule has 0 bridgehead atoms. The molecule has 0 spiro atoms. The highest BCUT2D eigenvalue weighted by Gasteiger charge is 2.36. The predicted molar refractivity (Wildman–Crippen MR) is 96.3 cm³/mol. The van der Waals surface area contributed by atoms with Crippen molar-refractivity contribution >= 4 is 35.0 Å². The van der Waals surface area contributed by atoms with Crippen molar-refractivity contribution in [2.24, 2.45) is 0 Å². The Balaban J connectivity index is 1.72. The first-order valence-electron chi connectivity index (χ1n) is 7.57. The van der Waals surface area contributed by atoms with Crippen LogP contribution in [0.4, 0.5) is 0 Å². The number of carbonyl (C=O) groups is 2. The molecule has 5 nitrogen and oxygen atoms in total. The van der Waals surface area contributed by atoms with Gasteiger partial charge in [-0.1, -0.05) is 35.3 Å². The minimum absolute atomic E-state index is 0.174. The molecule has 25 heavy (non-hydrogen) atoms. The number of imide groups is 1. The van der Waals surface area contributed by atoms with Gasteiger partial charge in [-0.2, -0.15) is 0 Å². The van der Waals surface area contributed by atoms with E-state index in [2.05, 4.69) is 0 Å². The third-order valence-electron chi connectivity index (χ3n) is 4.01. The van der Waals surface area contributed by atoms with Crippen LogP contribution in [0.5, 0.6) is 5.75 Å². The Labute approximate surface area is 155 Å². The molecule has 2 aromatic carbocycles.